The van der Waals surface area contributed by atoms with Gasteiger partial charge < -0.3 is 10.2 Å². The number of anilines is 1. The Kier molecular flexibility index (Phi) is 5.21. The minimum atomic E-state index is -2.43. The van der Waals surface area contributed by atoms with Crippen molar-refractivity contribution < 1.29 is 13.6 Å². The van der Waals surface area contributed by atoms with Crippen molar-refractivity contribution in [3.05, 3.63) is 24.3 Å². The van der Waals surface area contributed by atoms with Crippen LogP contribution >= 0.6 is 11.8 Å². The smallest absolute Gasteiger partial charge is 0.321 e. The molecule has 0 spiro atoms. The molecule has 3 nitrogen and oxygen atoms in total. The molecule has 0 aliphatic carbocycles. The topological polar surface area (TPSA) is 32.3 Å². The SMILES string of the molecule is CCN(C)C(=O)Nc1ccc(SC(F)F)cc1. The standard InChI is InChI=1S/C11H14F2N2OS/c1-3-15(2)11(16)14-8-4-6-9(7-5-8)17-10(12)13/h4-7,10H,3H2,1-2H3,(H,14,16). The Labute approximate surface area is 103 Å². The van der Waals surface area contributed by atoms with Crippen LogP contribution in [-0.2, 0) is 0 Å². The number of rotatable bonds is 4. The van der Waals surface area contributed by atoms with E-state index in [4.69, 9.17) is 0 Å². The van der Waals surface area contributed by atoms with E-state index in [0.717, 1.165) is 0 Å². The summed E-state index contributed by atoms with van der Waals surface area (Å²) >= 11 is 0.480. The molecular weight excluding hydrogens is 246 g/mol. The van der Waals surface area contributed by atoms with Gasteiger partial charge in [-0.15, -0.1) is 0 Å². The molecule has 0 aliphatic heterocycles. The highest BCUT2D eigenvalue weighted by atomic mass is 32.2. The summed E-state index contributed by atoms with van der Waals surface area (Å²) in [6.45, 7) is 2.47. The molecule has 0 heterocycles. The fourth-order valence-corrected chi connectivity index (χ4v) is 1.58. The van der Waals surface area contributed by atoms with Crippen LogP contribution in [-0.4, -0.2) is 30.3 Å². The first-order valence-corrected chi connectivity index (χ1v) is 5.98. The molecule has 0 atom stereocenters. The fraction of sp³-hybridized carbons (Fsp3) is 0.364. The second kappa shape index (κ2) is 6.44. The predicted molar refractivity (Wildman–Crippen MR) is 65.6 cm³/mol. The molecule has 0 aliphatic rings. The van der Waals surface area contributed by atoms with Gasteiger partial charge in [-0.1, -0.05) is 11.8 Å². The average molecular weight is 260 g/mol. The maximum atomic E-state index is 12.1. The molecule has 0 bridgehead atoms. The minimum Gasteiger partial charge on any atom is -0.328 e. The molecule has 17 heavy (non-hydrogen) atoms. The van der Waals surface area contributed by atoms with Gasteiger partial charge in [-0.2, -0.15) is 8.78 Å². The van der Waals surface area contributed by atoms with E-state index in [0.29, 0.717) is 28.9 Å². The molecule has 0 unspecified atom stereocenters. The quantitative estimate of drug-likeness (QED) is 0.840. The molecule has 0 aromatic heterocycles. The van der Waals surface area contributed by atoms with E-state index < -0.39 is 5.76 Å². The first-order valence-electron chi connectivity index (χ1n) is 5.10. The first-order chi connectivity index (χ1) is 8.02. The molecule has 0 fully saturated rings. The Hall–Kier alpha value is -1.30. The highest BCUT2D eigenvalue weighted by molar-refractivity contribution is 7.99. The van der Waals surface area contributed by atoms with Gasteiger partial charge in [0.25, 0.3) is 5.76 Å². The van der Waals surface area contributed by atoms with Crippen LogP contribution in [0.25, 0.3) is 0 Å². The summed E-state index contributed by atoms with van der Waals surface area (Å²) in [4.78, 5) is 13.5. The average Bonchev–Trinajstić information content (AvgIpc) is 2.30. The zero-order chi connectivity index (χ0) is 12.8. The maximum Gasteiger partial charge on any atom is 0.321 e. The van der Waals surface area contributed by atoms with Crippen LogP contribution in [0.1, 0.15) is 6.92 Å². The Bertz CT molecular complexity index is 370. The molecule has 1 N–H and O–H groups in total. The van der Waals surface area contributed by atoms with Crippen molar-refractivity contribution in [2.75, 3.05) is 18.9 Å². The predicted octanol–water partition coefficient (Wildman–Crippen LogP) is 3.48. The molecule has 94 valence electrons. The van der Waals surface area contributed by atoms with Crippen molar-refractivity contribution in [2.24, 2.45) is 0 Å². The molecule has 6 heteroatoms. The highest BCUT2D eigenvalue weighted by Crippen LogP contribution is 2.26. The Morgan fingerprint density at radius 1 is 1.41 bits per heavy atom. The third kappa shape index (κ3) is 4.60. The summed E-state index contributed by atoms with van der Waals surface area (Å²) in [7, 11) is 1.68. The van der Waals surface area contributed by atoms with E-state index in [9.17, 15) is 13.6 Å². The third-order valence-corrected chi connectivity index (χ3v) is 2.87. The molecule has 0 saturated heterocycles. The zero-order valence-electron chi connectivity index (χ0n) is 9.61. The molecule has 2 amide bonds. The van der Waals surface area contributed by atoms with Crippen molar-refractivity contribution in [1.29, 1.82) is 0 Å². The largest absolute Gasteiger partial charge is 0.328 e. The van der Waals surface area contributed by atoms with Crippen molar-refractivity contribution in [3.63, 3.8) is 0 Å². The number of benzene rings is 1. The number of nitrogens with one attached hydrogen (secondary N) is 1. The highest BCUT2D eigenvalue weighted by Gasteiger charge is 2.07. The lowest BCUT2D eigenvalue weighted by molar-refractivity contribution is 0.224. The lowest BCUT2D eigenvalue weighted by Crippen LogP contribution is -2.30. The Morgan fingerprint density at radius 3 is 2.47 bits per heavy atom. The molecular formula is C11H14F2N2OS. The van der Waals surface area contributed by atoms with Crippen molar-refractivity contribution >= 4 is 23.5 Å². The van der Waals surface area contributed by atoms with Crippen LogP contribution in [0, 0.1) is 0 Å². The summed E-state index contributed by atoms with van der Waals surface area (Å²) in [6, 6.07) is 6.09. The number of carbonyl (C=O) groups excluding carboxylic acids is 1. The number of nitrogens with zero attached hydrogens (tertiary/aromatic N) is 1. The molecule has 1 rings (SSSR count). The molecule has 1 aromatic carbocycles. The lowest BCUT2D eigenvalue weighted by Gasteiger charge is -2.15. The van der Waals surface area contributed by atoms with Gasteiger partial charge >= 0.3 is 6.03 Å². The Balaban J connectivity index is 2.59. The van der Waals surface area contributed by atoms with E-state index in [-0.39, 0.29) is 6.03 Å². The Morgan fingerprint density at radius 2 is 2.00 bits per heavy atom. The number of amides is 2. The van der Waals surface area contributed by atoms with Crippen LogP contribution in [0.2, 0.25) is 0 Å². The van der Waals surface area contributed by atoms with Crippen LogP contribution in [0.5, 0.6) is 0 Å². The number of thioether (sulfide) groups is 1. The number of hydrogen-bond acceptors (Lipinski definition) is 2. The number of urea groups is 1. The first kappa shape index (κ1) is 13.8. The number of halogens is 2. The summed E-state index contributed by atoms with van der Waals surface area (Å²) in [6.07, 6.45) is 0. The van der Waals surface area contributed by atoms with E-state index in [1.54, 1.807) is 31.3 Å². The van der Waals surface area contributed by atoms with Gasteiger partial charge in [0.2, 0.25) is 0 Å². The number of alkyl halides is 2. The lowest BCUT2D eigenvalue weighted by atomic mass is 10.3. The molecule has 1 aromatic rings. The summed E-state index contributed by atoms with van der Waals surface area (Å²) < 4.78 is 24.1. The second-order valence-electron chi connectivity index (χ2n) is 3.35. The van der Waals surface area contributed by atoms with Gasteiger partial charge in [0, 0.05) is 24.2 Å². The molecule has 0 saturated carbocycles. The van der Waals surface area contributed by atoms with Gasteiger partial charge in [0.05, 0.1) is 0 Å². The zero-order valence-corrected chi connectivity index (χ0v) is 10.4. The van der Waals surface area contributed by atoms with Crippen LogP contribution in [0.3, 0.4) is 0 Å². The van der Waals surface area contributed by atoms with E-state index in [2.05, 4.69) is 5.32 Å². The van der Waals surface area contributed by atoms with Crippen molar-refractivity contribution in [1.82, 2.24) is 4.90 Å². The number of hydrogen-bond donors (Lipinski definition) is 1. The monoisotopic (exact) mass is 260 g/mol. The van der Waals surface area contributed by atoms with Gasteiger partial charge in [-0.25, -0.2) is 4.79 Å². The van der Waals surface area contributed by atoms with Crippen molar-refractivity contribution in [2.45, 2.75) is 17.6 Å². The second-order valence-corrected chi connectivity index (χ2v) is 4.41. The van der Waals surface area contributed by atoms with Gasteiger partial charge in [0.1, 0.15) is 0 Å². The van der Waals surface area contributed by atoms with E-state index >= 15 is 0 Å². The van der Waals surface area contributed by atoms with Crippen LogP contribution in [0.4, 0.5) is 19.3 Å². The summed E-state index contributed by atoms with van der Waals surface area (Å²) in [5.74, 6) is -2.43. The van der Waals surface area contributed by atoms with E-state index in [1.807, 2.05) is 6.92 Å². The van der Waals surface area contributed by atoms with Gasteiger partial charge in [-0.3, -0.25) is 0 Å². The minimum absolute atomic E-state index is 0.221. The fourth-order valence-electron chi connectivity index (χ4n) is 1.08. The van der Waals surface area contributed by atoms with Crippen LogP contribution < -0.4 is 5.32 Å². The van der Waals surface area contributed by atoms with Crippen LogP contribution in [0.15, 0.2) is 29.2 Å². The molecule has 0 radical (unpaired) electrons. The maximum absolute atomic E-state index is 12.1. The number of carbonyl (C=O) groups is 1. The summed E-state index contributed by atoms with van der Waals surface area (Å²) in [5, 5.41) is 2.66. The summed E-state index contributed by atoms with van der Waals surface area (Å²) in [5.41, 5.74) is 0.592. The van der Waals surface area contributed by atoms with Crippen molar-refractivity contribution in [3.8, 4) is 0 Å². The van der Waals surface area contributed by atoms with Gasteiger partial charge in [0.15, 0.2) is 0 Å². The third-order valence-electron chi connectivity index (χ3n) is 2.15. The van der Waals surface area contributed by atoms with E-state index in [1.165, 1.54) is 4.90 Å². The van der Waals surface area contributed by atoms with Gasteiger partial charge in [-0.05, 0) is 31.2 Å². The normalized spacial score (nSPS) is 10.4.